The number of hydrogen-bond acceptors (Lipinski definition) is 1. The Morgan fingerprint density at radius 1 is 1.00 bits per heavy atom. The lowest BCUT2D eigenvalue weighted by Crippen LogP contribution is -2.19. The van der Waals surface area contributed by atoms with Crippen molar-refractivity contribution in [2.24, 2.45) is 11.8 Å². The van der Waals surface area contributed by atoms with E-state index < -0.39 is 5.92 Å². The highest BCUT2D eigenvalue weighted by atomic mass is 19.3. The minimum atomic E-state index is -2.46. The van der Waals surface area contributed by atoms with Crippen molar-refractivity contribution in [3.8, 4) is 0 Å². The fourth-order valence-corrected chi connectivity index (χ4v) is 3.53. The highest BCUT2D eigenvalue weighted by Crippen LogP contribution is 2.41. The van der Waals surface area contributed by atoms with Crippen molar-refractivity contribution in [1.29, 1.82) is 0 Å². The number of rotatable bonds is 4. The van der Waals surface area contributed by atoms with Crippen molar-refractivity contribution in [1.82, 2.24) is 0 Å². The van der Waals surface area contributed by atoms with Crippen LogP contribution in [0.4, 0.5) is 8.78 Å². The Bertz CT molecular complexity index is 236. The van der Waals surface area contributed by atoms with Crippen LogP contribution in [-0.4, -0.2) is 17.1 Å². The standard InChI is InChI=1S/C14H24F2O/c15-14(16)7-6-12(10-14)9-13(17)8-11-4-2-1-3-5-11/h11-13,17H,1-10H2. The second-order valence-corrected chi connectivity index (χ2v) is 6.09. The van der Waals surface area contributed by atoms with Gasteiger partial charge in [0.05, 0.1) is 6.10 Å². The van der Waals surface area contributed by atoms with Gasteiger partial charge < -0.3 is 5.11 Å². The average molecular weight is 246 g/mol. The molecule has 1 N–H and O–H groups in total. The molecule has 0 aromatic rings. The van der Waals surface area contributed by atoms with Crippen molar-refractivity contribution in [3.05, 3.63) is 0 Å². The summed E-state index contributed by atoms with van der Waals surface area (Å²) in [6.07, 6.45) is 8.00. The van der Waals surface area contributed by atoms with Gasteiger partial charge in [-0.2, -0.15) is 0 Å². The summed E-state index contributed by atoms with van der Waals surface area (Å²) < 4.78 is 26.0. The van der Waals surface area contributed by atoms with Crippen LogP contribution in [0.3, 0.4) is 0 Å². The molecule has 0 aliphatic heterocycles. The molecule has 2 aliphatic carbocycles. The van der Waals surface area contributed by atoms with Crippen LogP contribution in [0.15, 0.2) is 0 Å². The van der Waals surface area contributed by atoms with Gasteiger partial charge in [-0.15, -0.1) is 0 Å². The maximum Gasteiger partial charge on any atom is 0.248 e. The molecule has 0 aromatic carbocycles. The van der Waals surface area contributed by atoms with Crippen molar-refractivity contribution in [3.63, 3.8) is 0 Å². The molecule has 2 saturated carbocycles. The molecule has 2 fully saturated rings. The van der Waals surface area contributed by atoms with Gasteiger partial charge in [0, 0.05) is 12.8 Å². The third-order valence-corrected chi connectivity index (χ3v) is 4.44. The zero-order valence-corrected chi connectivity index (χ0v) is 10.5. The summed E-state index contributed by atoms with van der Waals surface area (Å²) in [6, 6.07) is 0. The minimum absolute atomic E-state index is 0.00523. The Balaban J connectivity index is 1.68. The SMILES string of the molecule is OC(CC1CCCCC1)CC1CCC(F)(F)C1. The lowest BCUT2D eigenvalue weighted by atomic mass is 9.83. The zero-order chi connectivity index (χ0) is 12.3. The molecule has 2 atom stereocenters. The lowest BCUT2D eigenvalue weighted by molar-refractivity contribution is 0.00193. The smallest absolute Gasteiger partial charge is 0.248 e. The largest absolute Gasteiger partial charge is 0.393 e. The molecule has 0 amide bonds. The van der Waals surface area contributed by atoms with E-state index in [1.54, 1.807) is 0 Å². The fourth-order valence-electron chi connectivity index (χ4n) is 3.53. The van der Waals surface area contributed by atoms with Crippen LogP contribution in [0.2, 0.25) is 0 Å². The van der Waals surface area contributed by atoms with Crippen molar-refractivity contribution in [2.75, 3.05) is 0 Å². The third kappa shape index (κ3) is 4.20. The van der Waals surface area contributed by atoms with Crippen LogP contribution in [-0.2, 0) is 0 Å². The highest BCUT2D eigenvalue weighted by molar-refractivity contribution is 4.83. The number of alkyl halides is 2. The van der Waals surface area contributed by atoms with E-state index in [9.17, 15) is 13.9 Å². The van der Waals surface area contributed by atoms with E-state index in [1.165, 1.54) is 32.1 Å². The molecule has 1 nitrogen and oxygen atoms in total. The van der Waals surface area contributed by atoms with Gasteiger partial charge in [-0.3, -0.25) is 0 Å². The maximum absolute atomic E-state index is 13.0. The first kappa shape index (κ1) is 13.3. The maximum atomic E-state index is 13.0. The Labute approximate surface area is 103 Å². The predicted molar refractivity (Wildman–Crippen MR) is 64.1 cm³/mol. The molecule has 0 heterocycles. The molecule has 100 valence electrons. The van der Waals surface area contributed by atoms with Gasteiger partial charge in [0.2, 0.25) is 5.92 Å². The fraction of sp³-hybridized carbons (Fsp3) is 1.00. The monoisotopic (exact) mass is 246 g/mol. The van der Waals surface area contributed by atoms with Crippen LogP contribution in [0, 0.1) is 11.8 Å². The van der Waals surface area contributed by atoms with Gasteiger partial charge in [0.1, 0.15) is 0 Å². The van der Waals surface area contributed by atoms with E-state index in [4.69, 9.17) is 0 Å². The molecule has 0 bridgehead atoms. The van der Waals surface area contributed by atoms with Crippen LogP contribution < -0.4 is 0 Å². The van der Waals surface area contributed by atoms with Crippen LogP contribution >= 0.6 is 0 Å². The molecule has 2 aliphatic rings. The Hall–Kier alpha value is -0.180. The van der Waals surface area contributed by atoms with Gasteiger partial charge in [-0.1, -0.05) is 32.1 Å². The van der Waals surface area contributed by atoms with E-state index >= 15 is 0 Å². The molecule has 0 aromatic heterocycles. The minimum Gasteiger partial charge on any atom is -0.393 e. The van der Waals surface area contributed by atoms with Gasteiger partial charge >= 0.3 is 0 Å². The second-order valence-electron chi connectivity index (χ2n) is 6.09. The molecule has 0 saturated heterocycles. The molecule has 17 heavy (non-hydrogen) atoms. The summed E-state index contributed by atoms with van der Waals surface area (Å²) in [7, 11) is 0. The molecule has 2 unspecified atom stereocenters. The van der Waals surface area contributed by atoms with E-state index in [2.05, 4.69) is 0 Å². The first-order valence-electron chi connectivity index (χ1n) is 7.11. The second kappa shape index (κ2) is 5.64. The summed E-state index contributed by atoms with van der Waals surface area (Å²) in [6.45, 7) is 0. The highest BCUT2D eigenvalue weighted by Gasteiger charge is 2.39. The van der Waals surface area contributed by atoms with E-state index in [0.29, 0.717) is 18.8 Å². The molecule has 2 rings (SSSR count). The summed E-state index contributed by atoms with van der Waals surface area (Å²) >= 11 is 0. The van der Waals surface area contributed by atoms with E-state index in [0.717, 1.165) is 6.42 Å². The normalized spacial score (nSPS) is 31.6. The molecule has 3 heteroatoms. The third-order valence-electron chi connectivity index (χ3n) is 4.44. The van der Waals surface area contributed by atoms with Crippen LogP contribution in [0.1, 0.15) is 64.2 Å². The molecular weight excluding hydrogens is 222 g/mol. The van der Waals surface area contributed by atoms with Crippen LogP contribution in [0.25, 0.3) is 0 Å². The van der Waals surface area contributed by atoms with Crippen LogP contribution in [0.5, 0.6) is 0 Å². The van der Waals surface area contributed by atoms with Crippen molar-refractivity contribution >= 4 is 0 Å². The first-order chi connectivity index (χ1) is 8.05. The Morgan fingerprint density at radius 2 is 1.65 bits per heavy atom. The van der Waals surface area contributed by atoms with E-state index in [1.807, 2.05) is 0 Å². The topological polar surface area (TPSA) is 20.2 Å². The molecular formula is C14H24F2O. The van der Waals surface area contributed by atoms with Gasteiger partial charge in [-0.05, 0) is 31.1 Å². The molecule has 0 spiro atoms. The van der Waals surface area contributed by atoms with Crippen molar-refractivity contribution in [2.45, 2.75) is 76.2 Å². The zero-order valence-electron chi connectivity index (χ0n) is 10.5. The first-order valence-corrected chi connectivity index (χ1v) is 7.11. The van der Waals surface area contributed by atoms with E-state index in [-0.39, 0.29) is 24.9 Å². The summed E-state index contributed by atoms with van der Waals surface area (Å²) in [5.74, 6) is -1.78. The number of hydrogen-bond donors (Lipinski definition) is 1. The average Bonchev–Trinajstić information content (AvgIpc) is 2.59. The summed E-state index contributed by atoms with van der Waals surface area (Å²) in [4.78, 5) is 0. The Kier molecular flexibility index (Phi) is 4.40. The number of aliphatic hydroxyl groups excluding tert-OH is 1. The quantitative estimate of drug-likeness (QED) is 0.790. The number of aliphatic hydroxyl groups is 1. The van der Waals surface area contributed by atoms with Gasteiger partial charge in [0.15, 0.2) is 0 Å². The lowest BCUT2D eigenvalue weighted by Gasteiger charge is -2.25. The predicted octanol–water partition coefficient (Wildman–Crippen LogP) is 4.14. The van der Waals surface area contributed by atoms with Crippen molar-refractivity contribution < 1.29 is 13.9 Å². The van der Waals surface area contributed by atoms with Gasteiger partial charge in [0.25, 0.3) is 0 Å². The molecule has 0 radical (unpaired) electrons. The summed E-state index contributed by atoms with van der Waals surface area (Å²) in [5, 5.41) is 9.99. The Morgan fingerprint density at radius 3 is 2.24 bits per heavy atom. The summed E-state index contributed by atoms with van der Waals surface area (Å²) in [5.41, 5.74) is 0. The van der Waals surface area contributed by atoms with Gasteiger partial charge in [-0.25, -0.2) is 8.78 Å². The number of halogens is 2.